The summed E-state index contributed by atoms with van der Waals surface area (Å²) in [5.74, 6) is -2.37. The van der Waals surface area contributed by atoms with E-state index in [1.54, 1.807) is 27.7 Å². The fourth-order valence-corrected chi connectivity index (χ4v) is 3.57. The van der Waals surface area contributed by atoms with Gasteiger partial charge in [-0.3, -0.25) is 0 Å². The first-order valence-corrected chi connectivity index (χ1v) is 8.06. The molecule has 3 aliphatic heterocycles. The van der Waals surface area contributed by atoms with Gasteiger partial charge in [0.15, 0.2) is 24.0 Å². The topological polar surface area (TPSA) is 84.8 Å². The normalized spacial score (nSPS) is 42.4. The lowest BCUT2D eigenvalue weighted by molar-refractivity contribution is -0.230. The Balaban J connectivity index is 2.02. The van der Waals surface area contributed by atoms with Gasteiger partial charge in [0, 0.05) is 0 Å². The number of esters is 1. The molecule has 9 heteroatoms. The Hall–Kier alpha value is -0.930. The number of rotatable bonds is 3. The molecule has 0 saturated carbocycles. The van der Waals surface area contributed by atoms with Gasteiger partial charge in [0.1, 0.15) is 12.2 Å². The van der Waals surface area contributed by atoms with E-state index in [0.717, 1.165) is 0 Å². The van der Waals surface area contributed by atoms with E-state index in [9.17, 15) is 4.79 Å². The van der Waals surface area contributed by atoms with E-state index in [2.05, 4.69) is 10.2 Å². The molecule has 24 heavy (non-hydrogen) atoms. The SMILES string of the molecule is COC(=O)[C@]1(N=C=S)[C@@H]([C@H]2COC(C)(C)O2)O[C@@H]2OC(C)(C)O[C@@H]21. The molecule has 0 aromatic heterocycles. The van der Waals surface area contributed by atoms with Crippen molar-refractivity contribution < 1.29 is 33.2 Å². The number of carbonyl (C=O) groups excluding carboxylic acids is 1. The second-order valence-electron chi connectivity index (χ2n) is 6.87. The van der Waals surface area contributed by atoms with Crippen LogP contribution in [0.1, 0.15) is 27.7 Å². The first-order chi connectivity index (χ1) is 11.1. The third kappa shape index (κ3) is 2.70. The Bertz CT molecular complexity index is 588. The van der Waals surface area contributed by atoms with E-state index < -0.39 is 47.7 Å². The Morgan fingerprint density at radius 3 is 2.42 bits per heavy atom. The fourth-order valence-electron chi connectivity index (χ4n) is 3.42. The second-order valence-corrected chi connectivity index (χ2v) is 7.05. The molecule has 134 valence electrons. The van der Waals surface area contributed by atoms with Gasteiger partial charge in [0.2, 0.25) is 5.54 Å². The number of methoxy groups -OCH3 is 1. The van der Waals surface area contributed by atoms with Crippen molar-refractivity contribution in [2.45, 2.75) is 69.4 Å². The minimum Gasteiger partial charge on any atom is -0.467 e. The minimum absolute atomic E-state index is 0.228. The van der Waals surface area contributed by atoms with Gasteiger partial charge in [-0.25, -0.2) is 9.79 Å². The monoisotopic (exact) mass is 359 g/mol. The number of fused-ring (bicyclic) bond motifs is 1. The zero-order valence-corrected chi connectivity index (χ0v) is 15.0. The van der Waals surface area contributed by atoms with E-state index >= 15 is 0 Å². The number of aliphatic imine (C=N–C) groups is 1. The molecule has 3 fully saturated rings. The van der Waals surface area contributed by atoms with Crippen LogP contribution in [-0.2, 0) is 33.2 Å². The van der Waals surface area contributed by atoms with Crippen molar-refractivity contribution in [2.24, 2.45) is 4.99 Å². The molecule has 0 N–H and O–H groups in total. The standard InChI is InChI=1S/C15H21NO7S/c1-13(2)19-6-8(21-13)9-15(16-7-24,12(17)18-5)10-11(20-9)23-14(3,4)22-10/h8-11H,6H2,1-5H3/t8-,9-,10+,11-,15+/m1/s1. The fraction of sp³-hybridized carbons (Fsp3) is 0.867. The van der Waals surface area contributed by atoms with Gasteiger partial charge >= 0.3 is 5.97 Å². The third-order valence-electron chi connectivity index (χ3n) is 4.32. The summed E-state index contributed by atoms with van der Waals surface area (Å²) in [6, 6.07) is 0. The molecule has 8 nitrogen and oxygen atoms in total. The highest BCUT2D eigenvalue weighted by Crippen LogP contribution is 2.48. The summed E-state index contributed by atoms with van der Waals surface area (Å²) in [7, 11) is 1.27. The van der Waals surface area contributed by atoms with Crippen LogP contribution in [0, 0.1) is 0 Å². The molecule has 3 saturated heterocycles. The van der Waals surface area contributed by atoms with Crippen LogP contribution < -0.4 is 0 Å². The molecule has 0 aliphatic carbocycles. The maximum Gasteiger partial charge on any atom is 0.340 e. The molecule has 5 atom stereocenters. The summed E-state index contributed by atoms with van der Waals surface area (Å²) < 4.78 is 34.0. The second kappa shape index (κ2) is 5.81. The lowest BCUT2D eigenvalue weighted by atomic mass is 9.86. The van der Waals surface area contributed by atoms with Gasteiger partial charge in [-0.2, -0.15) is 0 Å². The van der Waals surface area contributed by atoms with Crippen LogP contribution in [0.2, 0.25) is 0 Å². The number of nitrogens with zero attached hydrogens (tertiary/aromatic N) is 1. The molecule has 0 spiro atoms. The van der Waals surface area contributed by atoms with Crippen LogP contribution in [-0.4, -0.2) is 66.6 Å². The number of ether oxygens (including phenoxy) is 6. The summed E-state index contributed by atoms with van der Waals surface area (Å²) in [5, 5.41) is 2.28. The van der Waals surface area contributed by atoms with Crippen molar-refractivity contribution in [3.8, 4) is 0 Å². The van der Waals surface area contributed by atoms with Crippen LogP contribution >= 0.6 is 12.2 Å². The number of isothiocyanates is 1. The van der Waals surface area contributed by atoms with Crippen LogP contribution in [0.25, 0.3) is 0 Å². The lowest BCUT2D eigenvalue weighted by Crippen LogP contribution is -2.58. The summed E-state index contributed by atoms with van der Waals surface area (Å²) in [6.07, 6.45) is -3.03. The van der Waals surface area contributed by atoms with Crippen molar-refractivity contribution >= 4 is 23.3 Å². The lowest BCUT2D eigenvalue weighted by Gasteiger charge is -2.33. The van der Waals surface area contributed by atoms with Crippen LogP contribution in [0.3, 0.4) is 0 Å². The highest BCUT2D eigenvalue weighted by molar-refractivity contribution is 7.78. The molecule has 3 heterocycles. The third-order valence-corrected chi connectivity index (χ3v) is 4.41. The highest BCUT2D eigenvalue weighted by atomic mass is 32.1. The van der Waals surface area contributed by atoms with Gasteiger partial charge in [-0.05, 0) is 39.9 Å². The summed E-state index contributed by atoms with van der Waals surface area (Å²) in [6.45, 7) is 7.24. The molecular formula is C15H21NO7S. The smallest absolute Gasteiger partial charge is 0.340 e. The molecule has 3 rings (SSSR count). The predicted molar refractivity (Wildman–Crippen MR) is 83.4 cm³/mol. The van der Waals surface area contributed by atoms with Crippen LogP contribution in [0.15, 0.2) is 4.99 Å². The van der Waals surface area contributed by atoms with Gasteiger partial charge in [-0.1, -0.05) is 0 Å². The van der Waals surface area contributed by atoms with Crippen molar-refractivity contribution in [3.63, 3.8) is 0 Å². The first-order valence-electron chi connectivity index (χ1n) is 7.65. The van der Waals surface area contributed by atoms with Crippen molar-refractivity contribution in [3.05, 3.63) is 0 Å². The Kier molecular flexibility index (Phi) is 4.33. The zero-order valence-electron chi connectivity index (χ0n) is 14.2. The maximum atomic E-state index is 12.7. The van der Waals surface area contributed by atoms with E-state index in [-0.39, 0.29) is 6.61 Å². The average molecular weight is 359 g/mol. The van der Waals surface area contributed by atoms with Crippen molar-refractivity contribution in [1.29, 1.82) is 0 Å². The van der Waals surface area contributed by atoms with Gasteiger partial charge in [0.25, 0.3) is 0 Å². The molecule has 0 amide bonds. The molecule has 0 bridgehead atoms. The number of hydrogen-bond acceptors (Lipinski definition) is 9. The summed E-state index contributed by atoms with van der Waals surface area (Å²) in [4.78, 5) is 16.8. The van der Waals surface area contributed by atoms with Gasteiger partial charge in [-0.15, -0.1) is 0 Å². The molecule has 0 aromatic carbocycles. The summed E-state index contributed by atoms with van der Waals surface area (Å²) >= 11 is 4.77. The average Bonchev–Trinajstić information content (AvgIpc) is 3.08. The number of thiocarbonyl (C=S) groups is 1. The minimum atomic E-state index is -1.57. The largest absolute Gasteiger partial charge is 0.467 e. The highest BCUT2D eigenvalue weighted by Gasteiger charge is 2.71. The Morgan fingerprint density at radius 2 is 1.88 bits per heavy atom. The Labute approximate surface area is 145 Å². The number of hydrogen-bond donors (Lipinski definition) is 0. The Morgan fingerprint density at radius 1 is 1.17 bits per heavy atom. The number of carbonyl (C=O) groups is 1. The van der Waals surface area contributed by atoms with Crippen LogP contribution in [0.4, 0.5) is 0 Å². The quantitative estimate of drug-likeness (QED) is 0.420. The van der Waals surface area contributed by atoms with E-state index in [4.69, 9.17) is 40.6 Å². The molecule has 0 unspecified atom stereocenters. The van der Waals surface area contributed by atoms with E-state index in [1.807, 2.05) is 0 Å². The maximum absolute atomic E-state index is 12.7. The molecule has 3 aliphatic rings. The van der Waals surface area contributed by atoms with Crippen molar-refractivity contribution in [1.82, 2.24) is 0 Å². The van der Waals surface area contributed by atoms with Gasteiger partial charge in [0.05, 0.1) is 18.9 Å². The summed E-state index contributed by atoms with van der Waals surface area (Å²) in [5.41, 5.74) is -1.57. The molecular weight excluding hydrogens is 338 g/mol. The predicted octanol–water partition coefficient (Wildman–Crippen LogP) is 1.03. The van der Waals surface area contributed by atoms with Crippen molar-refractivity contribution in [2.75, 3.05) is 13.7 Å². The molecule has 0 radical (unpaired) electrons. The van der Waals surface area contributed by atoms with Crippen LogP contribution in [0.5, 0.6) is 0 Å². The first kappa shape index (κ1) is 17.9. The van der Waals surface area contributed by atoms with E-state index in [0.29, 0.717) is 0 Å². The van der Waals surface area contributed by atoms with Gasteiger partial charge < -0.3 is 28.4 Å². The van der Waals surface area contributed by atoms with E-state index in [1.165, 1.54) is 7.11 Å². The zero-order chi connectivity index (χ0) is 17.8. The molecule has 0 aromatic rings.